The fraction of sp³-hybridized carbons (Fsp3) is 0.500. The van der Waals surface area contributed by atoms with Crippen LogP contribution in [0.25, 0.3) is 10.9 Å². The van der Waals surface area contributed by atoms with Crippen molar-refractivity contribution in [2.45, 2.75) is 63.7 Å². The van der Waals surface area contributed by atoms with Gasteiger partial charge in [-0.2, -0.15) is 11.8 Å². The van der Waals surface area contributed by atoms with Gasteiger partial charge in [0, 0.05) is 23.5 Å². The minimum Gasteiger partial charge on any atom is -0.480 e. The number of carboxylic acid groups (broad SMARTS) is 1. The van der Waals surface area contributed by atoms with Crippen molar-refractivity contribution in [1.82, 2.24) is 20.9 Å². The van der Waals surface area contributed by atoms with Crippen LogP contribution in [0.2, 0.25) is 0 Å². The van der Waals surface area contributed by atoms with Crippen LogP contribution in [0.3, 0.4) is 0 Å². The van der Waals surface area contributed by atoms with E-state index in [2.05, 4.69) is 20.9 Å². The largest absolute Gasteiger partial charge is 0.480 e. The number of primary amides is 1. The summed E-state index contributed by atoms with van der Waals surface area (Å²) >= 11 is 1.45. The molecule has 1 aromatic heterocycles. The maximum atomic E-state index is 13.2. The Labute approximate surface area is 231 Å². The summed E-state index contributed by atoms with van der Waals surface area (Å²) in [5.41, 5.74) is 13.1. The van der Waals surface area contributed by atoms with Gasteiger partial charge in [-0.1, -0.05) is 32.0 Å². The Balaban J connectivity index is 2.12. The first-order chi connectivity index (χ1) is 18.4. The number of carbonyl (C=O) groups is 5. The van der Waals surface area contributed by atoms with E-state index in [1.807, 2.05) is 30.5 Å². The van der Waals surface area contributed by atoms with Gasteiger partial charge in [0.2, 0.25) is 23.6 Å². The lowest BCUT2D eigenvalue weighted by atomic mass is 10.0. The number of benzene rings is 1. The average molecular weight is 563 g/mol. The highest BCUT2D eigenvalue weighted by Gasteiger charge is 2.32. The van der Waals surface area contributed by atoms with Crippen LogP contribution in [0.4, 0.5) is 0 Å². The van der Waals surface area contributed by atoms with Crippen molar-refractivity contribution in [1.29, 1.82) is 0 Å². The summed E-state index contributed by atoms with van der Waals surface area (Å²) in [5, 5.41) is 18.0. The van der Waals surface area contributed by atoms with E-state index in [-0.39, 0.29) is 25.7 Å². The molecule has 0 saturated carbocycles. The number of nitrogens with two attached hydrogens (primary N) is 2. The molecule has 2 aromatic rings. The van der Waals surface area contributed by atoms with Gasteiger partial charge in [-0.25, -0.2) is 4.79 Å². The van der Waals surface area contributed by atoms with Gasteiger partial charge in [-0.05, 0) is 48.8 Å². The summed E-state index contributed by atoms with van der Waals surface area (Å²) in [5.74, 6) is -3.71. The van der Waals surface area contributed by atoms with E-state index in [0.717, 1.165) is 16.5 Å². The van der Waals surface area contributed by atoms with E-state index in [1.165, 1.54) is 11.8 Å². The van der Waals surface area contributed by atoms with E-state index in [0.29, 0.717) is 5.75 Å². The smallest absolute Gasteiger partial charge is 0.326 e. The monoisotopic (exact) mass is 562 g/mol. The second-order valence-corrected chi connectivity index (χ2v) is 10.6. The van der Waals surface area contributed by atoms with Crippen LogP contribution in [0.1, 0.15) is 38.7 Å². The molecule has 1 heterocycles. The van der Waals surface area contributed by atoms with Crippen LogP contribution in [-0.4, -0.2) is 75.9 Å². The molecule has 0 aliphatic rings. The number of hydrogen-bond donors (Lipinski definition) is 7. The highest BCUT2D eigenvalue weighted by atomic mass is 32.2. The number of aliphatic carboxylic acids is 1. The van der Waals surface area contributed by atoms with Crippen LogP contribution in [0.5, 0.6) is 0 Å². The van der Waals surface area contributed by atoms with Gasteiger partial charge in [0.25, 0.3) is 0 Å². The zero-order valence-electron chi connectivity index (χ0n) is 22.4. The first-order valence-electron chi connectivity index (χ1n) is 12.7. The van der Waals surface area contributed by atoms with Crippen LogP contribution < -0.4 is 27.4 Å². The third-order valence-electron chi connectivity index (χ3n) is 6.24. The molecule has 0 aliphatic heterocycles. The van der Waals surface area contributed by atoms with Gasteiger partial charge < -0.3 is 37.5 Å². The third kappa shape index (κ3) is 9.59. The molecule has 214 valence electrons. The van der Waals surface area contributed by atoms with Crippen molar-refractivity contribution in [2.24, 2.45) is 17.4 Å². The van der Waals surface area contributed by atoms with Crippen molar-refractivity contribution in [2.75, 3.05) is 12.0 Å². The molecule has 9 N–H and O–H groups in total. The number of rotatable bonds is 16. The summed E-state index contributed by atoms with van der Waals surface area (Å²) in [6, 6.07) is 3.17. The SMILES string of the molecule is CSCCC(NC(=O)C(NC(=O)C(CCC(N)=O)NC(=O)C(N)Cc1c[nH]c2ccccc12)C(C)C)C(=O)O. The van der Waals surface area contributed by atoms with Crippen molar-refractivity contribution in [3.63, 3.8) is 0 Å². The standard InChI is InChI=1S/C26H38N6O6S/c1-14(2)22(25(36)31-20(26(37)38)10-11-39-3)32-24(35)19(8-9-21(28)33)30-23(34)17(27)12-15-13-29-18-7-5-4-6-16(15)18/h4-7,13-14,17,19-20,22,29H,8-12,27H2,1-3H3,(H2,28,33)(H,30,34)(H,31,36)(H,32,35)(H,37,38). The molecule has 1 aromatic carbocycles. The quantitative estimate of drug-likeness (QED) is 0.150. The van der Waals surface area contributed by atoms with Crippen molar-refractivity contribution >= 4 is 52.3 Å². The summed E-state index contributed by atoms with van der Waals surface area (Å²) in [7, 11) is 0. The molecule has 0 spiro atoms. The molecule has 0 saturated heterocycles. The Morgan fingerprint density at radius 1 is 0.974 bits per heavy atom. The maximum Gasteiger partial charge on any atom is 0.326 e. The number of thioether (sulfide) groups is 1. The number of para-hydroxylation sites is 1. The molecule has 0 radical (unpaired) electrons. The van der Waals surface area contributed by atoms with E-state index in [4.69, 9.17) is 11.5 Å². The molecule has 12 nitrogen and oxygen atoms in total. The number of carboxylic acids is 1. The fourth-order valence-electron chi connectivity index (χ4n) is 4.01. The Hall–Kier alpha value is -3.58. The number of hydrogen-bond acceptors (Lipinski definition) is 7. The van der Waals surface area contributed by atoms with Gasteiger partial charge in [-0.15, -0.1) is 0 Å². The lowest BCUT2D eigenvalue weighted by Gasteiger charge is -2.27. The number of aromatic amines is 1. The van der Waals surface area contributed by atoms with Gasteiger partial charge in [0.1, 0.15) is 18.1 Å². The van der Waals surface area contributed by atoms with E-state index < -0.39 is 59.7 Å². The maximum absolute atomic E-state index is 13.2. The molecule has 4 amide bonds. The van der Waals surface area contributed by atoms with Crippen molar-refractivity contribution in [3.05, 3.63) is 36.0 Å². The van der Waals surface area contributed by atoms with Crippen LogP contribution in [0.15, 0.2) is 30.5 Å². The zero-order valence-corrected chi connectivity index (χ0v) is 23.2. The average Bonchev–Trinajstić information content (AvgIpc) is 3.29. The highest BCUT2D eigenvalue weighted by Crippen LogP contribution is 2.19. The number of aromatic nitrogens is 1. The number of amides is 4. The van der Waals surface area contributed by atoms with Crippen LogP contribution in [-0.2, 0) is 30.4 Å². The summed E-state index contributed by atoms with van der Waals surface area (Å²) in [6.07, 6.45) is 3.71. The normalized spacial score (nSPS) is 14.3. The van der Waals surface area contributed by atoms with E-state index >= 15 is 0 Å². The molecule has 0 aliphatic carbocycles. The Kier molecular flexibility index (Phi) is 12.3. The van der Waals surface area contributed by atoms with Gasteiger partial charge in [0.15, 0.2) is 0 Å². The molecule has 13 heteroatoms. The predicted octanol–water partition coefficient (Wildman–Crippen LogP) is 0.251. The van der Waals surface area contributed by atoms with Crippen LogP contribution in [0, 0.1) is 5.92 Å². The highest BCUT2D eigenvalue weighted by molar-refractivity contribution is 7.98. The van der Waals surface area contributed by atoms with Crippen molar-refractivity contribution < 1.29 is 29.1 Å². The second kappa shape index (κ2) is 15.1. The second-order valence-electron chi connectivity index (χ2n) is 9.65. The molecular formula is C26H38N6O6S. The summed E-state index contributed by atoms with van der Waals surface area (Å²) in [6.45, 7) is 3.38. The first-order valence-corrected chi connectivity index (χ1v) is 14.1. The third-order valence-corrected chi connectivity index (χ3v) is 6.88. The predicted molar refractivity (Wildman–Crippen MR) is 150 cm³/mol. The Morgan fingerprint density at radius 3 is 2.26 bits per heavy atom. The number of carbonyl (C=O) groups excluding carboxylic acids is 4. The summed E-state index contributed by atoms with van der Waals surface area (Å²) < 4.78 is 0. The minimum atomic E-state index is -1.19. The lowest BCUT2D eigenvalue weighted by molar-refractivity contribution is -0.142. The minimum absolute atomic E-state index is 0.107. The van der Waals surface area contributed by atoms with Gasteiger partial charge in [0.05, 0.1) is 6.04 Å². The molecule has 0 bridgehead atoms. The lowest BCUT2D eigenvalue weighted by Crippen LogP contribution is -2.58. The summed E-state index contributed by atoms with van der Waals surface area (Å²) in [4.78, 5) is 65.2. The number of fused-ring (bicyclic) bond motifs is 1. The molecular weight excluding hydrogens is 524 g/mol. The van der Waals surface area contributed by atoms with Gasteiger partial charge in [-0.3, -0.25) is 19.2 Å². The molecule has 0 fully saturated rings. The molecule has 4 atom stereocenters. The van der Waals surface area contributed by atoms with E-state index in [9.17, 15) is 29.1 Å². The van der Waals surface area contributed by atoms with E-state index in [1.54, 1.807) is 20.0 Å². The number of nitrogens with one attached hydrogen (secondary N) is 4. The first kappa shape index (κ1) is 31.6. The Morgan fingerprint density at radius 2 is 1.64 bits per heavy atom. The topological polar surface area (TPSA) is 209 Å². The molecule has 4 unspecified atom stereocenters. The number of H-pyrrole nitrogens is 1. The zero-order chi connectivity index (χ0) is 29.1. The molecule has 39 heavy (non-hydrogen) atoms. The fourth-order valence-corrected chi connectivity index (χ4v) is 4.48. The molecule has 2 rings (SSSR count). The van der Waals surface area contributed by atoms with Gasteiger partial charge >= 0.3 is 5.97 Å². The van der Waals surface area contributed by atoms with Crippen LogP contribution >= 0.6 is 11.8 Å². The van der Waals surface area contributed by atoms with Crippen molar-refractivity contribution in [3.8, 4) is 0 Å². The Bertz CT molecular complexity index is 1170.